The molecule has 0 bridgehead atoms. The third kappa shape index (κ3) is 3.96. The number of amides is 1. The first-order valence-electron chi connectivity index (χ1n) is 7.97. The summed E-state index contributed by atoms with van der Waals surface area (Å²) in [7, 11) is 4.27. The maximum absolute atomic E-state index is 12.3. The quantitative estimate of drug-likeness (QED) is 0.755. The maximum atomic E-state index is 12.3. The van der Waals surface area contributed by atoms with Crippen LogP contribution < -0.4 is 0 Å². The van der Waals surface area contributed by atoms with E-state index in [-0.39, 0.29) is 11.4 Å². The van der Waals surface area contributed by atoms with Crippen LogP contribution in [0.2, 0.25) is 0 Å². The van der Waals surface area contributed by atoms with E-state index in [1.165, 1.54) is 25.3 Å². The second kappa shape index (κ2) is 7.38. The van der Waals surface area contributed by atoms with E-state index < -0.39 is 0 Å². The molecular weight excluding hydrogens is 294 g/mol. The van der Waals surface area contributed by atoms with Gasteiger partial charge in [-0.25, -0.2) is 4.98 Å². The number of aromatic nitrogens is 1. The zero-order valence-electron chi connectivity index (χ0n) is 14.0. The van der Waals surface area contributed by atoms with Gasteiger partial charge >= 0.3 is 0 Å². The Morgan fingerprint density at radius 2 is 2.09 bits per heavy atom. The van der Waals surface area contributed by atoms with Gasteiger partial charge in [0.2, 0.25) is 5.91 Å². The molecule has 0 unspecified atom stereocenters. The van der Waals surface area contributed by atoms with Gasteiger partial charge in [0.1, 0.15) is 0 Å². The van der Waals surface area contributed by atoms with Gasteiger partial charge in [-0.1, -0.05) is 25.8 Å². The third-order valence-corrected chi connectivity index (χ3v) is 5.55. The van der Waals surface area contributed by atoms with Crippen molar-refractivity contribution in [1.82, 2.24) is 14.8 Å². The van der Waals surface area contributed by atoms with E-state index in [9.17, 15) is 4.79 Å². The normalized spacial score (nSPS) is 17.5. The predicted molar refractivity (Wildman–Crippen MR) is 92.0 cm³/mol. The molecule has 5 heteroatoms. The van der Waals surface area contributed by atoms with Crippen LogP contribution in [0.15, 0.2) is 18.0 Å². The van der Waals surface area contributed by atoms with Crippen molar-refractivity contribution in [1.29, 1.82) is 0 Å². The molecule has 0 aliphatic heterocycles. The minimum atomic E-state index is -0.00236. The summed E-state index contributed by atoms with van der Waals surface area (Å²) in [5.74, 6) is -0.00236. The zero-order chi connectivity index (χ0) is 16.2. The van der Waals surface area contributed by atoms with E-state index in [1.54, 1.807) is 11.3 Å². The molecule has 0 N–H and O–H groups in total. The molecule has 1 fully saturated rings. The van der Waals surface area contributed by atoms with Crippen molar-refractivity contribution in [2.75, 3.05) is 20.6 Å². The topological polar surface area (TPSA) is 36.4 Å². The summed E-state index contributed by atoms with van der Waals surface area (Å²) in [4.78, 5) is 21.0. The van der Waals surface area contributed by atoms with Gasteiger partial charge in [-0.2, -0.15) is 0 Å². The number of carbonyl (C=O) groups excluding carboxylic acids is 1. The molecule has 1 aromatic rings. The number of likely N-dealkylation sites (N-methyl/N-ethyl adjacent to an activating group) is 1. The smallest absolute Gasteiger partial charge is 0.246 e. The highest BCUT2D eigenvalue weighted by Crippen LogP contribution is 2.33. The van der Waals surface area contributed by atoms with Crippen molar-refractivity contribution in [2.45, 2.75) is 51.1 Å². The highest BCUT2D eigenvalue weighted by atomic mass is 32.1. The summed E-state index contributed by atoms with van der Waals surface area (Å²) in [6.45, 7) is 6.99. The van der Waals surface area contributed by atoms with Gasteiger partial charge in [0.15, 0.2) is 0 Å². The van der Waals surface area contributed by atoms with Gasteiger partial charge < -0.3 is 9.80 Å². The van der Waals surface area contributed by atoms with E-state index in [1.807, 2.05) is 17.2 Å². The number of nitrogens with zero attached hydrogens (tertiary/aromatic N) is 3. The molecule has 1 saturated carbocycles. The lowest BCUT2D eigenvalue weighted by Gasteiger charge is -2.45. The molecule has 0 saturated heterocycles. The second-order valence-electron chi connectivity index (χ2n) is 6.44. The molecule has 0 spiro atoms. The highest BCUT2D eigenvalue weighted by Gasteiger charge is 2.36. The number of aryl methyl sites for hydroxylation is 1. The van der Waals surface area contributed by atoms with Crippen LogP contribution in [0.5, 0.6) is 0 Å². The summed E-state index contributed by atoms with van der Waals surface area (Å²) < 4.78 is 0. The Bertz CT molecular complexity index is 518. The molecule has 0 aromatic carbocycles. The van der Waals surface area contributed by atoms with E-state index in [0.717, 1.165) is 30.1 Å². The SMILES string of the molecule is C=CC(=O)N(Cc1csc(C)n1)CC1(N(C)C)CCCCC1. The summed E-state index contributed by atoms with van der Waals surface area (Å²) in [5, 5.41) is 3.09. The Morgan fingerprint density at radius 1 is 1.41 bits per heavy atom. The molecule has 1 amide bonds. The van der Waals surface area contributed by atoms with Crippen LogP contribution in [-0.2, 0) is 11.3 Å². The lowest BCUT2D eigenvalue weighted by atomic mass is 9.80. The number of hydrogen-bond donors (Lipinski definition) is 0. The number of hydrogen-bond acceptors (Lipinski definition) is 4. The monoisotopic (exact) mass is 321 g/mol. The molecule has 1 aliphatic carbocycles. The van der Waals surface area contributed by atoms with Gasteiger partial charge in [-0.3, -0.25) is 4.79 Å². The van der Waals surface area contributed by atoms with Crippen LogP contribution >= 0.6 is 11.3 Å². The fraction of sp³-hybridized carbons (Fsp3) is 0.647. The molecular formula is C17H27N3OS. The van der Waals surface area contributed by atoms with Crippen molar-refractivity contribution < 1.29 is 4.79 Å². The van der Waals surface area contributed by atoms with Crippen molar-refractivity contribution in [2.24, 2.45) is 0 Å². The first kappa shape index (κ1) is 17.2. The Balaban J connectivity index is 2.17. The fourth-order valence-electron chi connectivity index (χ4n) is 3.33. The fourth-order valence-corrected chi connectivity index (χ4v) is 3.93. The number of rotatable bonds is 6. The summed E-state index contributed by atoms with van der Waals surface area (Å²) in [6.07, 6.45) is 7.50. The van der Waals surface area contributed by atoms with Crippen molar-refractivity contribution >= 4 is 17.2 Å². The average Bonchev–Trinajstić information content (AvgIpc) is 2.91. The molecule has 1 heterocycles. The minimum absolute atomic E-state index is 0.00236. The summed E-state index contributed by atoms with van der Waals surface area (Å²) in [5.41, 5.74) is 1.06. The Kier molecular flexibility index (Phi) is 5.75. The number of thiazole rings is 1. The van der Waals surface area contributed by atoms with Crippen LogP contribution in [0.25, 0.3) is 0 Å². The first-order chi connectivity index (χ1) is 10.5. The van der Waals surface area contributed by atoms with Crippen molar-refractivity contribution in [3.63, 3.8) is 0 Å². The number of carbonyl (C=O) groups is 1. The molecule has 0 radical (unpaired) electrons. The molecule has 1 aliphatic rings. The Morgan fingerprint density at radius 3 is 2.59 bits per heavy atom. The lowest BCUT2D eigenvalue weighted by Crippen LogP contribution is -2.54. The predicted octanol–water partition coefficient (Wildman–Crippen LogP) is 3.23. The second-order valence-corrected chi connectivity index (χ2v) is 7.50. The lowest BCUT2D eigenvalue weighted by molar-refractivity contribution is -0.129. The van der Waals surface area contributed by atoms with Gasteiger partial charge in [0, 0.05) is 17.5 Å². The van der Waals surface area contributed by atoms with Crippen LogP contribution in [-0.4, -0.2) is 46.9 Å². The third-order valence-electron chi connectivity index (χ3n) is 4.72. The minimum Gasteiger partial charge on any atom is -0.331 e. The van der Waals surface area contributed by atoms with Gasteiger partial charge in [0.25, 0.3) is 0 Å². The molecule has 4 nitrogen and oxygen atoms in total. The zero-order valence-corrected chi connectivity index (χ0v) is 14.8. The highest BCUT2D eigenvalue weighted by molar-refractivity contribution is 7.09. The standard InChI is InChI=1S/C17H27N3OS/c1-5-16(21)20(11-15-12-22-14(2)18-15)13-17(19(3)4)9-7-6-8-10-17/h5,12H,1,6-11,13H2,2-4H3. The van der Waals surface area contributed by atoms with E-state index in [2.05, 4.69) is 30.6 Å². The first-order valence-corrected chi connectivity index (χ1v) is 8.84. The van der Waals surface area contributed by atoms with Crippen LogP contribution in [0, 0.1) is 6.92 Å². The van der Waals surface area contributed by atoms with Crippen LogP contribution in [0.1, 0.15) is 42.8 Å². The average molecular weight is 321 g/mol. The Hall–Kier alpha value is -1.20. The van der Waals surface area contributed by atoms with Crippen molar-refractivity contribution in [3.05, 3.63) is 28.7 Å². The largest absolute Gasteiger partial charge is 0.331 e. The van der Waals surface area contributed by atoms with E-state index >= 15 is 0 Å². The van der Waals surface area contributed by atoms with Crippen LogP contribution in [0.3, 0.4) is 0 Å². The van der Waals surface area contributed by atoms with Gasteiger partial charge in [-0.05, 0) is 39.9 Å². The molecule has 0 atom stereocenters. The summed E-state index contributed by atoms with van der Waals surface area (Å²) >= 11 is 1.63. The Labute approximate surface area is 137 Å². The maximum Gasteiger partial charge on any atom is 0.246 e. The summed E-state index contributed by atoms with van der Waals surface area (Å²) in [6, 6.07) is 0. The van der Waals surface area contributed by atoms with Crippen molar-refractivity contribution in [3.8, 4) is 0 Å². The molecule has 1 aromatic heterocycles. The van der Waals surface area contributed by atoms with Crippen LogP contribution in [0.4, 0.5) is 0 Å². The molecule has 122 valence electrons. The van der Waals surface area contributed by atoms with Gasteiger partial charge in [-0.15, -0.1) is 11.3 Å². The van der Waals surface area contributed by atoms with E-state index in [0.29, 0.717) is 6.54 Å². The van der Waals surface area contributed by atoms with Gasteiger partial charge in [0.05, 0.1) is 17.2 Å². The molecule has 22 heavy (non-hydrogen) atoms. The molecule has 2 rings (SSSR count). The van der Waals surface area contributed by atoms with E-state index in [4.69, 9.17) is 0 Å².